The average Bonchev–Trinajstić information content (AvgIpc) is 2.61. The standard InChI is InChI=1S/C13H13FN2O4/c1-7-8(3-6-11(17)18)12-10(16(19)20)5-4-9(14)13(12)15(7)2/h4-5H,3,6H2,1-2H3,(H,17,18). The molecule has 2 rings (SSSR count). The Hall–Kier alpha value is -2.44. The van der Waals surface area contributed by atoms with E-state index in [0.29, 0.717) is 11.3 Å². The number of nitro groups is 1. The van der Waals surface area contributed by atoms with Crippen molar-refractivity contribution in [1.29, 1.82) is 0 Å². The Morgan fingerprint density at radius 1 is 1.50 bits per heavy atom. The number of fused-ring (bicyclic) bond motifs is 1. The first-order valence-electron chi connectivity index (χ1n) is 5.97. The summed E-state index contributed by atoms with van der Waals surface area (Å²) < 4.78 is 15.4. The third kappa shape index (κ3) is 2.11. The largest absolute Gasteiger partial charge is 0.481 e. The zero-order valence-electron chi connectivity index (χ0n) is 11.0. The van der Waals surface area contributed by atoms with Gasteiger partial charge in [-0.2, -0.15) is 0 Å². The molecule has 106 valence electrons. The summed E-state index contributed by atoms with van der Waals surface area (Å²) in [6.07, 6.45) is -0.0313. The first kappa shape index (κ1) is 14.0. The van der Waals surface area contributed by atoms with E-state index in [9.17, 15) is 19.3 Å². The van der Waals surface area contributed by atoms with Gasteiger partial charge < -0.3 is 9.67 Å². The van der Waals surface area contributed by atoms with Gasteiger partial charge in [0.2, 0.25) is 0 Å². The fraction of sp³-hybridized carbons (Fsp3) is 0.308. The van der Waals surface area contributed by atoms with Gasteiger partial charge in [-0.1, -0.05) is 0 Å². The number of rotatable bonds is 4. The Morgan fingerprint density at radius 3 is 2.70 bits per heavy atom. The van der Waals surface area contributed by atoms with E-state index < -0.39 is 16.7 Å². The lowest BCUT2D eigenvalue weighted by molar-refractivity contribution is -0.383. The molecule has 7 heteroatoms. The molecule has 0 unspecified atom stereocenters. The van der Waals surface area contributed by atoms with Crippen LogP contribution in [-0.4, -0.2) is 20.6 Å². The van der Waals surface area contributed by atoms with E-state index in [1.165, 1.54) is 4.57 Å². The number of benzene rings is 1. The second-order valence-corrected chi connectivity index (χ2v) is 4.56. The molecule has 0 amide bonds. The minimum atomic E-state index is -1.000. The number of carboxylic acids is 1. The van der Waals surface area contributed by atoms with Crippen molar-refractivity contribution in [3.8, 4) is 0 Å². The number of nitrogens with zero attached hydrogens (tertiary/aromatic N) is 2. The molecule has 6 nitrogen and oxygen atoms in total. The third-order valence-electron chi connectivity index (χ3n) is 3.47. The minimum absolute atomic E-state index is 0.128. The lowest BCUT2D eigenvalue weighted by Crippen LogP contribution is -1.99. The van der Waals surface area contributed by atoms with E-state index in [0.717, 1.165) is 12.1 Å². The van der Waals surface area contributed by atoms with Crippen LogP contribution < -0.4 is 0 Å². The van der Waals surface area contributed by atoms with Crippen LogP contribution in [0.3, 0.4) is 0 Å². The summed E-state index contributed by atoms with van der Waals surface area (Å²) in [5.41, 5.74) is 1.08. The average molecular weight is 280 g/mol. The van der Waals surface area contributed by atoms with E-state index in [1.807, 2.05) is 0 Å². The fourth-order valence-electron chi connectivity index (χ4n) is 2.42. The maximum absolute atomic E-state index is 13.9. The molecule has 0 aliphatic carbocycles. The SMILES string of the molecule is Cc1c(CCC(=O)O)c2c([N+](=O)[O-])ccc(F)c2n1C. The topological polar surface area (TPSA) is 85.4 Å². The second kappa shape index (κ2) is 4.92. The van der Waals surface area contributed by atoms with E-state index in [1.54, 1.807) is 14.0 Å². The monoisotopic (exact) mass is 280 g/mol. The summed E-state index contributed by atoms with van der Waals surface area (Å²) in [7, 11) is 1.61. The number of non-ortho nitro benzene ring substituents is 1. The third-order valence-corrected chi connectivity index (χ3v) is 3.47. The van der Waals surface area contributed by atoms with E-state index in [-0.39, 0.29) is 29.4 Å². The smallest absolute Gasteiger partial charge is 0.303 e. The van der Waals surface area contributed by atoms with Crippen molar-refractivity contribution >= 4 is 22.6 Å². The minimum Gasteiger partial charge on any atom is -0.481 e. The van der Waals surface area contributed by atoms with Crippen molar-refractivity contribution in [2.45, 2.75) is 19.8 Å². The Balaban J connectivity index is 2.78. The van der Waals surface area contributed by atoms with Crippen molar-refractivity contribution in [2.75, 3.05) is 0 Å². The van der Waals surface area contributed by atoms with E-state index in [2.05, 4.69) is 0 Å². The van der Waals surface area contributed by atoms with Crippen LogP contribution >= 0.6 is 0 Å². The van der Waals surface area contributed by atoms with Crippen molar-refractivity contribution in [1.82, 2.24) is 4.57 Å². The summed E-state index contributed by atoms with van der Waals surface area (Å²) in [5.74, 6) is -1.56. The first-order valence-corrected chi connectivity index (χ1v) is 5.97. The van der Waals surface area contributed by atoms with Crippen LogP contribution in [0.1, 0.15) is 17.7 Å². The zero-order chi connectivity index (χ0) is 15.0. The number of hydrogen-bond acceptors (Lipinski definition) is 3. The van der Waals surface area contributed by atoms with Gasteiger partial charge in [0.05, 0.1) is 15.8 Å². The second-order valence-electron chi connectivity index (χ2n) is 4.56. The van der Waals surface area contributed by atoms with Crippen molar-refractivity contribution in [2.24, 2.45) is 7.05 Å². The Kier molecular flexibility index (Phi) is 3.44. The summed E-state index contributed by atoms with van der Waals surface area (Å²) in [5, 5.41) is 20.0. The molecule has 0 spiro atoms. The summed E-state index contributed by atoms with van der Waals surface area (Å²) in [4.78, 5) is 21.2. The van der Waals surface area contributed by atoms with Crippen LogP contribution in [0.15, 0.2) is 12.1 Å². The van der Waals surface area contributed by atoms with Gasteiger partial charge in [0, 0.05) is 25.2 Å². The molecular formula is C13H13FN2O4. The molecular weight excluding hydrogens is 267 g/mol. The normalized spacial score (nSPS) is 10.9. The van der Waals surface area contributed by atoms with Gasteiger partial charge in [-0.15, -0.1) is 0 Å². The molecule has 20 heavy (non-hydrogen) atoms. The highest BCUT2D eigenvalue weighted by molar-refractivity contribution is 5.94. The van der Waals surface area contributed by atoms with Crippen molar-refractivity contribution in [3.05, 3.63) is 39.3 Å². The highest BCUT2D eigenvalue weighted by Gasteiger charge is 2.24. The maximum atomic E-state index is 13.9. The van der Waals surface area contributed by atoms with Gasteiger partial charge in [0.25, 0.3) is 5.69 Å². The van der Waals surface area contributed by atoms with Gasteiger partial charge in [-0.25, -0.2) is 4.39 Å². The predicted octanol–water partition coefficient (Wildman–Crippen LogP) is 2.55. The summed E-state index contributed by atoms with van der Waals surface area (Å²) in [6, 6.07) is 2.17. The van der Waals surface area contributed by atoms with Crippen LogP contribution in [0.25, 0.3) is 10.9 Å². The number of aliphatic carboxylic acids is 1. The molecule has 0 saturated heterocycles. The molecule has 1 N–H and O–H groups in total. The van der Waals surface area contributed by atoms with Crippen LogP contribution in [-0.2, 0) is 18.3 Å². The van der Waals surface area contributed by atoms with Crippen LogP contribution in [0.2, 0.25) is 0 Å². The van der Waals surface area contributed by atoms with Gasteiger partial charge in [-0.05, 0) is 25.0 Å². The van der Waals surface area contributed by atoms with Crippen molar-refractivity contribution in [3.63, 3.8) is 0 Å². The first-order chi connectivity index (χ1) is 9.34. The lowest BCUT2D eigenvalue weighted by Gasteiger charge is -2.00. The highest BCUT2D eigenvalue weighted by Crippen LogP contribution is 2.35. The van der Waals surface area contributed by atoms with Gasteiger partial charge in [0.15, 0.2) is 0 Å². The molecule has 0 atom stereocenters. The van der Waals surface area contributed by atoms with Crippen LogP contribution in [0, 0.1) is 22.9 Å². The molecule has 0 fully saturated rings. The maximum Gasteiger partial charge on any atom is 0.303 e. The number of aromatic nitrogens is 1. The zero-order valence-corrected chi connectivity index (χ0v) is 11.0. The number of nitro benzene ring substituents is 1. The predicted molar refractivity (Wildman–Crippen MR) is 70.2 cm³/mol. The molecule has 1 aromatic heterocycles. The Morgan fingerprint density at radius 2 is 2.15 bits per heavy atom. The van der Waals surface area contributed by atoms with Gasteiger partial charge >= 0.3 is 5.97 Å². The molecule has 0 aliphatic heterocycles. The number of carbonyl (C=O) groups is 1. The molecule has 1 heterocycles. The van der Waals surface area contributed by atoms with E-state index in [4.69, 9.17) is 5.11 Å². The Labute approximate surface area is 113 Å². The number of halogens is 1. The van der Waals surface area contributed by atoms with Gasteiger partial charge in [-0.3, -0.25) is 14.9 Å². The molecule has 2 aromatic rings. The molecule has 0 aliphatic rings. The lowest BCUT2D eigenvalue weighted by atomic mass is 10.0. The highest BCUT2D eigenvalue weighted by atomic mass is 19.1. The van der Waals surface area contributed by atoms with E-state index >= 15 is 0 Å². The Bertz CT molecular complexity index is 721. The number of carboxylic acid groups (broad SMARTS) is 1. The summed E-state index contributed by atoms with van der Waals surface area (Å²) in [6.45, 7) is 1.69. The van der Waals surface area contributed by atoms with Gasteiger partial charge in [0.1, 0.15) is 5.82 Å². The molecule has 0 saturated carbocycles. The molecule has 1 aromatic carbocycles. The van der Waals surface area contributed by atoms with Crippen LogP contribution in [0.5, 0.6) is 0 Å². The van der Waals surface area contributed by atoms with Crippen LogP contribution in [0.4, 0.5) is 10.1 Å². The van der Waals surface area contributed by atoms with Crippen molar-refractivity contribution < 1.29 is 19.2 Å². The molecule has 0 radical (unpaired) electrons. The molecule has 0 bridgehead atoms. The fourth-order valence-corrected chi connectivity index (χ4v) is 2.42. The number of aryl methyl sites for hydroxylation is 2. The summed E-state index contributed by atoms with van der Waals surface area (Å²) >= 11 is 0. The number of hydrogen-bond donors (Lipinski definition) is 1. The quantitative estimate of drug-likeness (QED) is 0.689.